The molecule has 0 aliphatic carbocycles. The maximum absolute atomic E-state index is 7.57. The molecule has 3 N–H and O–H groups in total. The molecule has 0 rings (SSSR count). The summed E-state index contributed by atoms with van der Waals surface area (Å²) in [6.07, 6.45) is 0. The molecule has 0 atom stereocenters. The minimum atomic E-state index is 0. The first-order valence-corrected chi connectivity index (χ1v) is 1.84. The van der Waals surface area contributed by atoms with Gasteiger partial charge in [0.2, 0.25) is 0 Å². The third-order valence-corrected chi connectivity index (χ3v) is 0. The molecule has 0 unspecified atom stereocenters. The number of aliphatic hydroxyl groups excluding tert-OH is 1. The molecular weight excluding hydrogens is 96.0 g/mol. The smallest absolute Gasteiger partial charge is 0.0402 e. The molecule has 0 fully saturated rings. The Bertz CT molecular complexity index is 8.90. The van der Waals surface area contributed by atoms with Gasteiger partial charge < -0.3 is 15.3 Å². The third-order valence-electron chi connectivity index (χ3n) is 0. The third kappa shape index (κ3) is 6150. The van der Waals surface area contributed by atoms with Crippen LogP contribution >= 0.6 is 0 Å². The molecule has 3 heteroatoms. The van der Waals surface area contributed by atoms with Crippen molar-refractivity contribution in [2.75, 3.05) is 20.8 Å². The van der Waals surface area contributed by atoms with Gasteiger partial charge in [-0.2, -0.15) is 0 Å². The lowest BCUT2D eigenvalue weighted by Gasteiger charge is -1.61. The summed E-state index contributed by atoms with van der Waals surface area (Å²) in [5.74, 6) is 0. The van der Waals surface area contributed by atoms with Gasteiger partial charge >= 0.3 is 0 Å². The summed E-state index contributed by atoms with van der Waals surface area (Å²) in [7, 11) is 3.25. The Labute approximate surface area is 44.2 Å². The predicted molar refractivity (Wildman–Crippen MR) is 29.3 cm³/mol. The second-order valence-electron chi connectivity index (χ2n) is 0.724. The SMILES string of the molecule is CCO.COC.O. The van der Waals surface area contributed by atoms with Gasteiger partial charge in [0.25, 0.3) is 0 Å². The summed E-state index contributed by atoms with van der Waals surface area (Å²) in [4.78, 5) is 0. The zero-order valence-electron chi connectivity index (χ0n) is 5.06. The van der Waals surface area contributed by atoms with Crippen LogP contribution in [0.5, 0.6) is 0 Å². The largest absolute Gasteiger partial charge is 0.412 e. The van der Waals surface area contributed by atoms with Crippen LogP contribution < -0.4 is 0 Å². The van der Waals surface area contributed by atoms with Crippen LogP contribution in [0, 0.1) is 0 Å². The first-order valence-electron chi connectivity index (χ1n) is 1.84. The van der Waals surface area contributed by atoms with E-state index < -0.39 is 0 Å². The second-order valence-corrected chi connectivity index (χ2v) is 0.724. The van der Waals surface area contributed by atoms with Gasteiger partial charge in [0, 0.05) is 20.8 Å². The summed E-state index contributed by atoms with van der Waals surface area (Å²) < 4.78 is 4.25. The number of hydrogen-bond acceptors (Lipinski definition) is 2. The van der Waals surface area contributed by atoms with Gasteiger partial charge in [-0.25, -0.2) is 0 Å². The average molecular weight is 110 g/mol. The van der Waals surface area contributed by atoms with Crippen LogP contribution in [0.15, 0.2) is 0 Å². The van der Waals surface area contributed by atoms with Gasteiger partial charge in [-0.1, -0.05) is 0 Å². The molecule has 0 aromatic carbocycles. The van der Waals surface area contributed by atoms with Crippen LogP contribution in [0.1, 0.15) is 6.92 Å². The Kier molecular flexibility index (Phi) is 89.4. The molecule has 0 saturated carbocycles. The normalized spacial score (nSPS) is 5.14. The molecule has 0 bridgehead atoms. The van der Waals surface area contributed by atoms with Crippen LogP contribution in [-0.4, -0.2) is 31.4 Å². The van der Waals surface area contributed by atoms with Crippen molar-refractivity contribution in [2.24, 2.45) is 0 Å². The number of aliphatic hydroxyl groups is 1. The van der Waals surface area contributed by atoms with Crippen molar-refractivity contribution >= 4 is 0 Å². The van der Waals surface area contributed by atoms with E-state index >= 15 is 0 Å². The van der Waals surface area contributed by atoms with Crippen molar-refractivity contribution in [3.05, 3.63) is 0 Å². The predicted octanol–water partition coefficient (Wildman–Crippen LogP) is -0.564. The van der Waals surface area contributed by atoms with Gasteiger partial charge in [-0.05, 0) is 6.92 Å². The summed E-state index contributed by atoms with van der Waals surface area (Å²) in [5.41, 5.74) is 0. The van der Waals surface area contributed by atoms with E-state index in [2.05, 4.69) is 4.74 Å². The first kappa shape index (κ1) is 15.8. The van der Waals surface area contributed by atoms with Gasteiger partial charge in [-0.15, -0.1) is 0 Å². The minimum Gasteiger partial charge on any atom is -0.412 e. The minimum absolute atomic E-state index is 0. The average Bonchev–Trinajstić information content (AvgIpc) is 1.39. The maximum atomic E-state index is 7.57. The van der Waals surface area contributed by atoms with E-state index in [0.717, 1.165) is 0 Å². The molecule has 0 heterocycles. The Balaban J connectivity index is -0.0000000400. The number of rotatable bonds is 0. The summed E-state index contributed by atoms with van der Waals surface area (Å²) in [6, 6.07) is 0. The highest BCUT2D eigenvalue weighted by Gasteiger charge is 1.34. The molecule has 0 aromatic rings. The van der Waals surface area contributed by atoms with Crippen LogP contribution in [0.25, 0.3) is 0 Å². The maximum Gasteiger partial charge on any atom is 0.0402 e. The van der Waals surface area contributed by atoms with E-state index in [0.29, 0.717) is 0 Å². The van der Waals surface area contributed by atoms with Gasteiger partial charge in [-0.3, -0.25) is 0 Å². The van der Waals surface area contributed by atoms with E-state index in [-0.39, 0.29) is 12.1 Å². The lowest BCUT2D eigenvalue weighted by Crippen LogP contribution is -1.57. The molecule has 0 radical (unpaired) electrons. The molecule has 0 aliphatic rings. The molecular formula is C4H14O3. The quantitative estimate of drug-likeness (QED) is 0.454. The fourth-order valence-electron chi connectivity index (χ4n) is 0. The zero-order chi connectivity index (χ0) is 5.41. The highest BCUT2D eigenvalue weighted by Crippen LogP contribution is 1.30. The van der Waals surface area contributed by atoms with Crippen molar-refractivity contribution in [3.8, 4) is 0 Å². The number of ether oxygens (including phenoxy) is 1. The Morgan fingerprint density at radius 3 is 1.43 bits per heavy atom. The molecule has 0 saturated heterocycles. The van der Waals surface area contributed by atoms with Crippen molar-refractivity contribution in [1.29, 1.82) is 0 Å². The highest BCUT2D eigenvalue weighted by molar-refractivity contribution is 3.84. The van der Waals surface area contributed by atoms with Gasteiger partial charge in [0.1, 0.15) is 0 Å². The van der Waals surface area contributed by atoms with E-state index in [1.807, 2.05) is 0 Å². The lowest BCUT2D eigenvalue weighted by molar-refractivity contribution is 0.277. The zero-order valence-corrected chi connectivity index (χ0v) is 5.06. The van der Waals surface area contributed by atoms with E-state index in [1.165, 1.54) is 0 Å². The Morgan fingerprint density at radius 2 is 1.43 bits per heavy atom. The number of hydrogen-bond donors (Lipinski definition) is 1. The summed E-state index contributed by atoms with van der Waals surface area (Å²) in [5, 5.41) is 7.57. The molecule has 48 valence electrons. The molecule has 3 nitrogen and oxygen atoms in total. The van der Waals surface area contributed by atoms with Crippen molar-refractivity contribution in [1.82, 2.24) is 0 Å². The van der Waals surface area contributed by atoms with Crippen LogP contribution in [0.3, 0.4) is 0 Å². The fraction of sp³-hybridized carbons (Fsp3) is 1.00. The first-order chi connectivity index (χ1) is 2.83. The Morgan fingerprint density at radius 1 is 1.43 bits per heavy atom. The standard InChI is InChI=1S/2C2H6O.H2O/c1-3-2;1-2-3;/h1-2H3;3H,2H2,1H3;1H2. The van der Waals surface area contributed by atoms with Crippen LogP contribution in [0.2, 0.25) is 0 Å². The highest BCUT2D eigenvalue weighted by atomic mass is 16.4. The van der Waals surface area contributed by atoms with Gasteiger partial charge in [0.15, 0.2) is 0 Å². The van der Waals surface area contributed by atoms with Gasteiger partial charge in [0.05, 0.1) is 0 Å². The van der Waals surface area contributed by atoms with E-state index in [9.17, 15) is 0 Å². The van der Waals surface area contributed by atoms with Crippen molar-refractivity contribution < 1.29 is 15.3 Å². The molecule has 7 heavy (non-hydrogen) atoms. The molecule has 0 amide bonds. The monoisotopic (exact) mass is 110 g/mol. The fourth-order valence-corrected chi connectivity index (χ4v) is 0. The lowest BCUT2D eigenvalue weighted by atomic mass is 10.9. The van der Waals surface area contributed by atoms with E-state index in [4.69, 9.17) is 5.11 Å². The summed E-state index contributed by atoms with van der Waals surface area (Å²) in [6.45, 7) is 1.93. The van der Waals surface area contributed by atoms with E-state index in [1.54, 1.807) is 21.1 Å². The van der Waals surface area contributed by atoms with Crippen LogP contribution in [0.4, 0.5) is 0 Å². The molecule has 0 spiro atoms. The molecule has 0 aliphatic heterocycles. The topological polar surface area (TPSA) is 61.0 Å². The van der Waals surface area contributed by atoms with Crippen molar-refractivity contribution in [2.45, 2.75) is 6.92 Å². The Hall–Kier alpha value is -0.120. The van der Waals surface area contributed by atoms with Crippen LogP contribution in [-0.2, 0) is 4.74 Å². The molecule has 0 aromatic heterocycles. The second kappa shape index (κ2) is 39.6. The summed E-state index contributed by atoms with van der Waals surface area (Å²) >= 11 is 0. The number of methoxy groups -OCH3 is 1. The van der Waals surface area contributed by atoms with Crippen molar-refractivity contribution in [3.63, 3.8) is 0 Å².